The van der Waals surface area contributed by atoms with Crippen molar-refractivity contribution in [3.05, 3.63) is 52.0 Å². The van der Waals surface area contributed by atoms with Gasteiger partial charge in [-0.3, -0.25) is 9.59 Å². The smallest absolute Gasteiger partial charge is 0.254 e. The maximum Gasteiger partial charge on any atom is 0.254 e. The zero-order valence-electron chi connectivity index (χ0n) is 16.5. The van der Waals surface area contributed by atoms with Crippen molar-refractivity contribution >= 4 is 34.2 Å². The van der Waals surface area contributed by atoms with E-state index in [9.17, 15) is 19.8 Å². The van der Waals surface area contributed by atoms with Crippen LogP contribution in [0.5, 0.6) is 0 Å². The molecule has 3 rings (SSSR count). The van der Waals surface area contributed by atoms with E-state index in [1.807, 2.05) is 43.3 Å². The molecule has 0 spiro atoms. The Kier molecular flexibility index (Phi) is 6.31. The number of likely N-dealkylation sites (N-methyl/N-ethyl adjacent to an activating group) is 1. The van der Waals surface area contributed by atoms with Crippen molar-refractivity contribution in [2.45, 2.75) is 32.2 Å². The van der Waals surface area contributed by atoms with Gasteiger partial charge in [0.15, 0.2) is 12.2 Å². The Balaban J connectivity index is 1.61. The summed E-state index contributed by atoms with van der Waals surface area (Å²) in [6, 6.07) is 11.9. The molecule has 2 amide bonds. The SMILES string of the molecule is Cc1nc2ccccc2n1Cc1ccc(CNC(=O)[C@H](O)[C@@H](O)C(=O)N(C)C)s1. The third kappa shape index (κ3) is 4.64. The fourth-order valence-corrected chi connectivity index (χ4v) is 3.92. The van der Waals surface area contributed by atoms with Gasteiger partial charge in [-0.15, -0.1) is 11.3 Å². The molecule has 0 aliphatic carbocycles. The van der Waals surface area contributed by atoms with E-state index in [4.69, 9.17) is 0 Å². The number of nitrogens with one attached hydrogen (secondary N) is 1. The van der Waals surface area contributed by atoms with Gasteiger partial charge in [-0.25, -0.2) is 4.98 Å². The number of rotatable bonds is 7. The second-order valence-corrected chi connectivity index (χ2v) is 8.19. The summed E-state index contributed by atoms with van der Waals surface area (Å²) in [5, 5.41) is 22.2. The van der Waals surface area contributed by atoms with E-state index < -0.39 is 24.0 Å². The maximum atomic E-state index is 12.0. The standard InChI is InChI=1S/C20H24N4O4S/c1-12-22-15-6-4-5-7-16(15)24(12)11-14-9-8-13(29-14)10-21-19(27)17(25)18(26)20(28)23(2)3/h4-9,17-18,25-26H,10-11H2,1-3H3,(H,21,27)/t17-,18-/m1/s1. The highest BCUT2D eigenvalue weighted by Crippen LogP contribution is 2.22. The van der Waals surface area contributed by atoms with Crippen LogP contribution in [0.2, 0.25) is 0 Å². The summed E-state index contributed by atoms with van der Waals surface area (Å²) < 4.78 is 2.14. The van der Waals surface area contributed by atoms with Crippen LogP contribution in [0, 0.1) is 6.92 Å². The number of nitrogens with zero attached hydrogens (tertiary/aromatic N) is 3. The summed E-state index contributed by atoms with van der Waals surface area (Å²) >= 11 is 1.54. The number of aryl methyl sites for hydroxylation is 1. The van der Waals surface area contributed by atoms with Crippen LogP contribution in [-0.4, -0.2) is 62.8 Å². The van der Waals surface area contributed by atoms with Crippen LogP contribution in [0.3, 0.4) is 0 Å². The van der Waals surface area contributed by atoms with E-state index in [0.717, 1.165) is 31.5 Å². The van der Waals surface area contributed by atoms with E-state index in [0.29, 0.717) is 6.54 Å². The molecule has 2 heterocycles. The topological polar surface area (TPSA) is 108 Å². The van der Waals surface area contributed by atoms with Crippen LogP contribution in [0.1, 0.15) is 15.6 Å². The minimum Gasteiger partial charge on any atom is -0.380 e. The number of fused-ring (bicyclic) bond motifs is 1. The molecule has 0 bridgehead atoms. The third-order valence-electron chi connectivity index (χ3n) is 4.58. The molecular formula is C20H24N4O4S. The monoisotopic (exact) mass is 416 g/mol. The van der Waals surface area contributed by atoms with Gasteiger partial charge in [-0.05, 0) is 31.2 Å². The molecule has 9 heteroatoms. The van der Waals surface area contributed by atoms with Crippen molar-refractivity contribution < 1.29 is 19.8 Å². The van der Waals surface area contributed by atoms with Crippen LogP contribution in [0.4, 0.5) is 0 Å². The second-order valence-electron chi connectivity index (χ2n) is 6.94. The number of benzene rings is 1. The molecule has 1 aromatic carbocycles. The van der Waals surface area contributed by atoms with Gasteiger partial charge >= 0.3 is 0 Å². The molecule has 0 aliphatic heterocycles. The number of thiophene rings is 1. The molecule has 0 radical (unpaired) electrons. The number of aromatic nitrogens is 2. The Hall–Kier alpha value is -2.75. The van der Waals surface area contributed by atoms with E-state index >= 15 is 0 Å². The van der Waals surface area contributed by atoms with Crippen LogP contribution >= 0.6 is 11.3 Å². The zero-order valence-corrected chi connectivity index (χ0v) is 17.3. The van der Waals surface area contributed by atoms with E-state index in [2.05, 4.69) is 14.9 Å². The van der Waals surface area contributed by atoms with Gasteiger partial charge in [0, 0.05) is 23.8 Å². The van der Waals surface area contributed by atoms with Crippen molar-refractivity contribution in [2.24, 2.45) is 0 Å². The lowest BCUT2D eigenvalue weighted by molar-refractivity contribution is -0.151. The van der Waals surface area contributed by atoms with Crippen LogP contribution < -0.4 is 5.32 Å². The predicted octanol–water partition coefficient (Wildman–Crippen LogP) is 0.881. The number of carbonyl (C=O) groups is 2. The van der Waals surface area contributed by atoms with E-state index in [1.54, 1.807) is 0 Å². The quantitative estimate of drug-likeness (QED) is 0.530. The first-order valence-corrected chi connectivity index (χ1v) is 9.94. The van der Waals surface area contributed by atoms with Crippen molar-refractivity contribution in [2.75, 3.05) is 14.1 Å². The molecule has 0 unspecified atom stereocenters. The van der Waals surface area contributed by atoms with Gasteiger partial charge in [0.2, 0.25) is 0 Å². The first kappa shape index (κ1) is 21.0. The molecular weight excluding hydrogens is 392 g/mol. The molecule has 0 saturated heterocycles. The number of amides is 2. The third-order valence-corrected chi connectivity index (χ3v) is 5.64. The van der Waals surface area contributed by atoms with Gasteiger partial charge in [0.1, 0.15) is 5.82 Å². The van der Waals surface area contributed by atoms with Crippen LogP contribution in [-0.2, 0) is 22.7 Å². The van der Waals surface area contributed by atoms with E-state index in [1.165, 1.54) is 25.4 Å². The summed E-state index contributed by atoms with van der Waals surface area (Å²) in [6.45, 7) is 2.84. The Morgan fingerprint density at radius 3 is 2.55 bits per heavy atom. The largest absolute Gasteiger partial charge is 0.380 e. The zero-order chi connectivity index (χ0) is 21.1. The molecule has 0 fully saturated rings. The summed E-state index contributed by atoms with van der Waals surface area (Å²) in [4.78, 5) is 31.4. The first-order valence-electron chi connectivity index (χ1n) is 9.12. The summed E-state index contributed by atoms with van der Waals surface area (Å²) in [7, 11) is 2.88. The molecule has 2 aromatic heterocycles. The maximum absolute atomic E-state index is 12.0. The minimum absolute atomic E-state index is 0.201. The summed E-state index contributed by atoms with van der Waals surface area (Å²) in [6.07, 6.45) is -3.61. The summed E-state index contributed by atoms with van der Waals surface area (Å²) in [5.74, 6) is -0.592. The number of imidazole rings is 1. The first-order chi connectivity index (χ1) is 13.8. The number of carbonyl (C=O) groups excluding carboxylic acids is 2. The highest BCUT2D eigenvalue weighted by Gasteiger charge is 2.31. The predicted molar refractivity (Wildman–Crippen MR) is 110 cm³/mol. The Morgan fingerprint density at radius 1 is 1.14 bits per heavy atom. The molecule has 3 N–H and O–H groups in total. The Bertz CT molecular complexity index is 1030. The van der Waals surface area contributed by atoms with Gasteiger partial charge in [0.25, 0.3) is 11.8 Å². The lowest BCUT2D eigenvalue weighted by Crippen LogP contribution is -2.48. The van der Waals surface area contributed by atoms with Crippen molar-refractivity contribution in [3.8, 4) is 0 Å². The normalized spacial score (nSPS) is 13.3. The van der Waals surface area contributed by atoms with Crippen LogP contribution in [0.15, 0.2) is 36.4 Å². The molecule has 0 saturated carbocycles. The van der Waals surface area contributed by atoms with Gasteiger partial charge in [-0.1, -0.05) is 12.1 Å². The van der Waals surface area contributed by atoms with Crippen molar-refractivity contribution in [3.63, 3.8) is 0 Å². The summed E-state index contributed by atoms with van der Waals surface area (Å²) in [5.41, 5.74) is 2.02. The molecule has 154 valence electrons. The number of aliphatic hydroxyl groups is 2. The minimum atomic E-state index is -1.82. The van der Waals surface area contributed by atoms with Crippen molar-refractivity contribution in [1.82, 2.24) is 19.8 Å². The Morgan fingerprint density at radius 2 is 1.83 bits per heavy atom. The van der Waals surface area contributed by atoms with E-state index in [-0.39, 0.29) is 6.54 Å². The average Bonchev–Trinajstić information content (AvgIpc) is 3.28. The molecule has 0 aliphatic rings. The number of para-hydroxylation sites is 2. The second kappa shape index (κ2) is 8.73. The highest BCUT2D eigenvalue weighted by atomic mass is 32.1. The number of hydrogen-bond donors (Lipinski definition) is 3. The van der Waals surface area contributed by atoms with Gasteiger partial charge in [-0.2, -0.15) is 0 Å². The fraction of sp³-hybridized carbons (Fsp3) is 0.350. The van der Waals surface area contributed by atoms with Crippen molar-refractivity contribution in [1.29, 1.82) is 0 Å². The molecule has 2 atom stereocenters. The average molecular weight is 417 g/mol. The fourth-order valence-electron chi connectivity index (χ4n) is 2.98. The lowest BCUT2D eigenvalue weighted by atomic mass is 10.1. The number of hydrogen-bond acceptors (Lipinski definition) is 6. The Labute approximate surface area is 172 Å². The lowest BCUT2D eigenvalue weighted by Gasteiger charge is -2.19. The molecule has 29 heavy (non-hydrogen) atoms. The van der Waals surface area contributed by atoms with Crippen LogP contribution in [0.25, 0.3) is 11.0 Å². The molecule has 3 aromatic rings. The van der Waals surface area contributed by atoms with Gasteiger partial charge < -0.3 is 25.0 Å². The highest BCUT2D eigenvalue weighted by molar-refractivity contribution is 7.11. The van der Waals surface area contributed by atoms with Gasteiger partial charge in [0.05, 0.1) is 24.1 Å². The number of aliphatic hydroxyl groups excluding tert-OH is 2. The molecule has 8 nitrogen and oxygen atoms in total.